The van der Waals surface area contributed by atoms with E-state index in [4.69, 9.17) is 30.0 Å². The second-order valence-electron chi connectivity index (χ2n) is 15.8. The molecule has 1 N–H and O–H groups in total. The molecule has 2 bridgehead atoms. The van der Waals surface area contributed by atoms with E-state index in [1.54, 1.807) is 18.2 Å². The summed E-state index contributed by atoms with van der Waals surface area (Å²) in [6.45, 7) is 1.86. The highest BCUT2D eigenvalue weighted by atomic mass is 32.2. The van der Waals surface area contributed by atoms with Crippen molar-refractivity contribution in [1.29, 1.82) is 0 Å². The fraction of sp³-hybridized carbons (Fsp3) is 0.375. The lowest BCUT2D eigenvalue weighted by Crippen LogP contribution is -2.60. The van der Waals surface area contributed by atoms with Crippen LogP contribution in [-0.2, 0) is 10.1 Å². The van der Waals surface area contributed by atoms with E-state index >= 15 is 4.39 Å². The average molecular weight is 841 g/mol. The predicted octanol–water partition coefficient (Wildman–Crippen LogP) is 5.21. The van der Waals surface area contributed by atoms with E-state index in [9.17, 15) is 33.0 Å². The highest BCUT2D eigenvalue weighted by molar-refractivity contribution is 7.87. The molecule has 20 heteroatoms. The molecule has 0 aliphatic carbocycles. The molecule has 5 aliphatic heterocycles. The van der Waals surface area contributed by atoms with E-state index in [2.05, 4.69) is 26.0 Å². The maximum atomic E-state index is 17.6. The fourth-order valence-corrected chi connectivity index (χ4v) is 10.8. The van der Waals surface area contributed by atoms with Crippen molar-refractivity contribution in [1.82, 2.24) is 25.2 Å². The molecule has 17 nitrogen and oxygen atoms in total. The Morgan fingerprint density at radius 1 is 1.07 bits per heavy atom. The number of rotatable bonds is 9. The van der Waals surface area contributed by atoms with Crippen molar-refractivity contribution in [2.24, 2.45) is 0 Å². The molecule has 308 valence electrons. The summed E-state index contributed by atoms with van der Waals surface area (Å²) < 4.78 is 77.9. The van der Waals surface area contributed by atoms with Gasteiger partial charge in [-0.15, -0.1) is 6.42 Å². The first kappa shape index (κ1) is 37.9. The second-order valence-corrected chi connectivity index (χ2v) is 17.3. The molecule has 60 heavy (non-hydrogen) atoms. The minimum Gasteiger partial charge on any atom is -0.475 e. The Balaban J connectivity index is 1.14. The molecule has 5 aromatic rings. The van der Waals surface area contributed by atoms with E-state index < -0.39 is 59.5 Å². The van der Waals surface area contributed by atoms with Crippen LogP contribution < -0.4 is 23.9 Å². The standard InChI is InChI=1S/C40H34F2N8O9S/c1-2-21-5-3-6-22-13-26(59-60(55,56)31-10-8-25(49(51)52)14-29(31)50(53)54)15-27(32(21)22)35-34(42)36-33-37(48-18-24-7-9-28(43-24)30(48)19-57-38(33)44-35)46-39(45-36)58-20-40-11-4-12-47(40)17-23(41)16-40/h1,3,5-6,8,10,13-15,23-24,28,30,43H,4,7,9,11-12,16-20H2/t23-,24-,28+,30-,40+/m1/s1. The SMILES string of the molecule is C#Cc1cccc2cc(OS(=O)(=O)c3ccc([N+](=O)[O-])cc3[N+](=O)[O-])cc(-c3nc4c5c(nc(OC[C@@]67CCCN6C[C@H](F)C7)nc5c3F)N3C[C@H]5CC[C@H](N5)[C@H]3CO4)c12. The van der Waals surface area contributed by atoms with E-state index in [1.807, 2.05) is 0 Å². The number of ether oxygens (including phenoxy) is 2. The first-order valence-corrected chi connectivity index (χ1v) is 20.7. The van der Waals surface area contributed by atoms with Crippen molar-refractivity contribution in [3.8, 4) is 41.2 Å². The van der Waals surface area contributed by atoms with Gasteiger partial charge in [0.05, 0.1) is 27.5 Å². The summed E-state index contributed by atoms with van der Waals surface area (Å²) in [5, 5.41) is 27.7. The molecule has 0 spiro atoms. The van der Waals surface area contributed by atoms with Crippen LogP contribution in [0.3, 0.4) is 0 Å². The zero-order valence-corrected chi connectivity index (χ0v) is 32.4. The number of alkyl halides is 1. The van der Waals surface area contributed by atoms with Gasteiger partial charge >= 0.3 is 16.1 Å². The number of hydrogen-bond acceptors (Lipinski definition) is 15. The van der Waals surface area contributed by atoms with Crippen molar-refractivity contribution in [3.05, 3.63) is 80.1 Å². The van der Waals surface area contributed by atoms with Crippen molar-refractivity contribution in [3.63, 3.8) is 0 Å². The molecule has 0 saturated carbocycles. The van der Waals surface area contributed by atoms with Gasteiger partial charge in [-0.1, -0.05) is 18.1 Å². The Morgan fingerprint density at radius 2 is 1.92 bits per heavy atom. The zero-order chi connectivity index (χ0) is 41.7. The quantitative estimate of drug-likeness (QED) is 0.0876. The smallest absolute Gasteiger partial charge is 0.346 e. The first-order valence-electron chi connectivity index (χ1n) is 19.3. The number of nitro groups is 2. The normalized spacial score (nSPS) is 24.4. The lowest BCUT2D eigenvalue weighted by molar-refractivity contribution is -0.396. The van der Waals surface area contributed by atoms with Gasteiger partial charge in [0.2, 0.25) is 5.88 Å². The number of piperazine rings is 1. The summed E-state index contributed by atoms with van der Waals surface area (Å²) in [4.78, 5) is 38.7. The van der Waals surface area contributed by atoms with Crippen LogP contribution in [-0.4, -0.2) is 101 Å². The van der Waals surface area contributed by atoms with Gasteiger partial charge in [-0.25, -0.2) is 13.8 Å². The van der Waals surface area contributed by atoms with Gasteiger partial charge < -0.3 is 23.9 Å². The molecule has 0 unspecified atom stereocenters. The number of nitrogens with one attached hydrogen (secondary N) is 1. The van der Waals surface area contributed by atoms with Gasteiger partial charge in [-0.2, -0.15) is 18.4 Å². The van der Waals surface area contributed by atoms with Crippen molar-refractivity contribution in [2.45, 2.75) is 66.8 Å². The van der Waals surface area contributed by atoms with E-state index in [0.29, 0.717) is 53.8 Å². The van der Waals surface area contributed by atoms with Gasteiger partial charge in [0.25, 0.3) is 11.4 Å². The Labute approximate surface area is 340 Å². The van der Waals surface area contributed by atoms with Crippen LogP contribution in [0, 0.1) is 38.4 Å². The van der Waals surface area contributed by atoms with E-state index in [-0.39, 0.29) is 65.4 Å². The largest absolute Gasteiger partial charge is 0.475 e. The number of hydrogen-bond donors (Lipinski definition) is 1. The molecule has 5 aliphatic rings. The summed E-state index contributed by atoms with van der Waals surface area (Å²) in [6, 6.07) is 9.19. The third kappa shape index (κ3) is 6.09. The van der Waals surface area contributed by atoms with Gasteiger partial charge in [0.15, 0.2) is 10.7 Å². The summed E-state index contributed by atoms with van der Waals surface area (Å²) >= 11 is 0. The number of anilines is 1. The molecule has 0 radical (unpaired) electrons. The van der Waals surface area contributed by atoms with Crippen LogP contribution >= 0.6 is 0 Å². The molecule has 2 aromatic heterocycles. The number of halogens is 2. The van der Waals surface area contributed by atoms with Crippen LogP contribution in [0.4, 0.5) is 26.0 Å². The number of non-ortho nitro benzene ring substituents is 1. The lowest BCUT2D eigenvalue weighted by atomic mass is 9.95. The van der Waals surface area contributed by atoms with Gasteiger partial charge in [0.1, 0.15) is 47.5 Å². The molecule has 7 heterocycles. The fourth-order valence-electron chi connectivity index (χ4n) is 9.71. The minimum absolute atomic E-state index is 0.0108. The predicted molar refractivity (Wildman–Crippen MR) is 211 cm³/mol. The molecule has 4 saturated heterocycles. The molecular formula is C40H34F2N8O9S. The number of pyridine rings is 1. The van der Waals surface area contributed by atoms with Crippen molar-refractivity contribution in [2.75, 3.05) is 37.7 Å². The molecule has 4 fully saturated rings. The van der Waals surface area contributed by atoms with Crippen molar-refractivity contribution < 1.29 is 40.7 Å². The maximum absolute atomic E-state index is 17.6. The van der Waals surface area contributed by atoms with Crippen LogP contribution in [0.25, 0.3) is 32.9 Å². The van der Waals surface area contributed by atoms with E-state index in [0.717, 1.165) is 38.3 Å². The highest BCUT2D eigenvalue weighted by Crippen LogP contribution is 2.46. The number of nitrogens with zero attached hydrogens (tertiary/aromatic N) is 7. The topological polar surface area (TPSA) is 205 Å². The summed E-state index contributed by atoms with van der Waals surface area (Å²) in [7, 11) is -5.04. The van der Waals surface area contributed by atoms with Crippen LogP contribution in [0.5, 0.6) is 17.6 Å². The molecule has 3 aromatic carbocycles. The first-order chi connectivity index (χ1) is 28.8. The summed E-state index contributed by atoms with van der Waals surface area (Å²) in [5.41, 5.74) is -2.58. The number of nitro benzene ring substituents is 2. The summed E-state index contributed by atoms with van der Waals surface area (Å²) in [6.07, 6.45) is 8.68. The maximum Gasteiger partial charge on any atom is 0.346 e. The Hall–Kier alpha value is -6.30. The van der Waals surface area contributed by atoms with E-state index in [1.165, 1.54) is 12.1 Å². The number of fused-ring (bicyclic) bond motifs is 7. The van der Waals surface area contributed by atoms with Crippen LogP contribution in [0.1, 0.15) is 37.7 Å². The molecule has 5 atom stereocenters. The number of aromatic nitrogens is 3. The Bertz CT molecular complexity index is 2840. The number of terminal acetylenes is 1. The minimum atomic E-state index is -5.04. The molecular weight excluding hydrogens is 807 g/mol. The van der Waals surface area contributed by atoms with Crippen LogP contribution in [0.2, 0.25) is 0 Å². The van der Waals surface area contributed by atoms with Gasteiger partial charge in [-0.05, 0) is 61.9 Å². The van der Waals surface area contributed by atoms with Gasteiger partial charge in [-0.3, -0.25) is 25.1 Å². The summed E-state index contributed by atoms with van der Waals surface area (Å²) in [5.74, 6) is 1.63. The third-order valence-electron chi connectivity index (χ3n) is 12.4. The van der Waals surface area contributed by atoms with Crippen LogP contribution in [0.15, 0.2) is 53.4 Å². The Kier molecular flexibility index (Phi) is 8.78. The highest BCUT2D eigenvalue weighted by Gasteiger charge is 2.50. The average Bonchev–Trinajstić information content (AvgIpc) is 3.86. The van der Waals surface area contributed by atoms with Crippen molar-refractivity contribution >= 4 is 49.0 Å². The second kappa shape index (κ2) is 13.9. The monoisotopic (exact) mass is 840 g/mol. The number of benzene rings is 3. The third-order valence-corrected chi connectivity index (χ3v) is 13.6. The Morgan fingerprint density at radius 3 is 2.72 bits per heavy atom. The molecule has 10 rings (SSSR count). The molecule has 0 amide bonds. The zero-order valence-electron chi connectivity index (χ0n) is 31.5. The lowest BCUT2D eigenvalue weighted by Gasteiger charge is -2.40. The van der Waals surface area contributed by atoms with Gasteiger partial charge in [0, 0.05) is 54.2 Å².